The van der Waals surface area contributed by atoms with Crippen LogP contribution in [0.1, 0.15) is 27.0 Å². The first-order chi connectivity index (χ1) is 7.67. The normalized spacial score (nSPS) is 10.4. The molecule has 0 aliphatic heterocycles. The Morgan fingerprint density at radius 2 is 1.88 bits per heavy atom. The van der Waals surface area contributed by atoms with Crippen molar-refractivity contribution in [2.45, 2.75) is 13.8 Å². The summed E-state index contributed by atoms with van der Waals surface area (Å²) in [5, 5.41) is 2.29. The Labute approximate surface area is 95.4 Å². The molecule has 0 radical (unpaired) electrons. The average molecular weight is 210 g/mol. The van der Waals surface area contributed by atoms with Crippen molar-refractivity contribution in [3.8, 4) is 0 Å². The van der Waals surface area contributed by atoms with Crippen molar-refractivity contribution in [1.82, 2.24) is 0 Å². The van der Waals surface area contributed by atoms with Gasteiger partial charge < -0.3 is 0 Å². The molecule has 1 nitrogen and oxygen atoms in total. The zero-order valence-electron chi connectivity index (χ0n) is 9.58. The lowest BCUT2D eigenvalue weighted by Gasteiger charge is -2.09. The summed E-state index contributed by atoms with van der Waals surface area (Å²) >= 11 is 0. The van der Waals surface area contributed by atoms with Crippen molar-refractivity contribution >= 4 is 23.1 Å². The van der Waals surface area contributed by atoms with Crippen LogP contribution in [0.4, 0.5) is 0 Å². The number of hydrogen-bond donors (Lipinski definition) is 0. The molecule has 2 aromatic rings. The summed E-state index contributed by atoms with van der Waals surface area (Å²) in [6.07, 6.45) is 2.65. The topological polar surface area (TPSA) is 17.1 Å². The third-order valence-corrected chi connectivity index (χ3v) is 2.90. The average Bonchev–Trinajstić information content (AvgIpc) is 2.28. The Morgan fingerprint density at radius 3 is 2.50 bits per heavy atom. The van der Waals surface area contributed by atoms with Crippen LogP contribution < -0.4 is 0 Å². The van der Waals surface area contributed by atoms with Gasteiger partial charge >= 0.3 is 0 Å². The fourth-order valence-corrected chi connectivity index (χ4v) is 2.09. The Morgan fingerprint density at radius 1 is 1.12 bits per heavy atom. The van der Waals surface area contributed by atoms with Gasteiger partial charge in [-0.25, -0.2) is 0 Å². The summed E-state index contributed by atoms with van der Waals surface area (Å²) in [5.74, 6) is 0. The molecule has 0 aliphatic carbocycles. The number of aldehydes is 1. The quantitative estimate of drug-likeness (QED) is 0.687. The Balaban J connectivity index is 2.98. The van der Waals surface area contributed by atoms with Crippen LogP contribution in [0.3, 0.4) is 0 Å². The highest BCUT2D eigenvalue weighted by atomic mass is 16.1. The molecule has 0 saturated carbocycles. The molecule has 0 heterocycles. The highest BCUT2D eigenvalue weighted by Crippen LogP contribution is 2.27. The number of carbonyl (C=O) groups excluding carboxylic acids is 1. The molecule has 0 saturated heterocycles. The predicted octanol–water partition coefficient (Wildman–Crippen LogP) is 3.91. The third kappa shape index (κ3) is 1.54. The summed E-state index contributed by atoms with van der Waals surface area (Å²) in [6, 6.07) is 8.21. The first kappa shape index (κ1) is 10.6. The number of rotatable bonds is 2. The van der Waals surface area contributed by atoms with E-state index >= 15 is 0 Å². The summed E-state index contributed by atoms with van der Waals surface area (Å²) in [6.45, 7) is 7.87. The first-order valence-electron chi connectivity index (χ1n) is 5.29. The molecule has 0 bridgehead atoms. The van der Waals surface area contributed by atoms with Crippen LogP contribution in [0.15, 0.2) is 30.8 Å². The van der Waals surface area contributed by atoms with E-state index in [0.29, 0.717) is 5.56 Å². The lowest BCUT2D eigenvalue weighted by atomic mass is 9.94. The fraction of sp³-hybridized carbons (Fsp3) is 0.133. The van der Waals surface area contributed by atoms with Crippen LogP contribution in [0, 0.1) is 13.8 Å². The molecule has 80 valence electrons. The highest BCUT2D eigenvalue weighted by molar-refractivity contribution is 5.99. The van der Waals surface area contributed by atoms with E-state index in [1.54, 1.807) is 6.08 Å². The molecular formula is C15H14O. The summed E-state index contributed by atoms with van der Waals surface area (Å²) in [5.41, 5.74) is 3.96. The monoisotopic (exact) mass is 210 g/mol. The molecule has 0 spiro atoms. The predicted molar refractivity (Wildman–Crippen MR) is 68.9 cm³/mol. The van der Waals surface area contributed by atoms with Gasteiger partial charge in [-0.1, -0.05) is 36.4 Å². The number of carbonyl (C=O) groups is 1. The van der Waals surface area contributed by atoms with E-state index in [2.05, 4.69) is 31.7 Å². The lowest BCUT2D eigenvalue weighted by molar-refractivity contribution is 0.112. The van der Waals surface area contributed by atoms with Gasteiger partial charge in [0.2, 0.25) is 0 Å². The molecule has 0 unspecified atom stereocenters. The number of aryl methyl sites for hydroxylation is 2. The van der Waals surface area contributed by atoms with Gasteiger partial charge in [-0.2, -0.15) is 0 Å². The molecule has 0 amide bonds. The van der Waals surface area contributed by atoms with Gasteiger partial charge in [0.05, 0.1) is 0 Å². The largest absolute Gasteiger partial charge is 0.298 e. The van der Waals surface area contributed by atoms with Gasteiger partial charge in [-0.05, 0) is 41.8 Å². The van der Waals surface area contributed by atoms with E-state index in [-0.39, 0.29) is 0 Å². The zero-order chi connectivity index (χ0) is 11.7. The second kappa shape index (κ2) is 3.93. The van der Waals surface area contributed by atoms with Crippen LogP contribution in [0.5, 0.6) is 0 Å². The van der Waals surface area contributed by atoms with Gasteiger partial charge in [0.25, 0.3) is 0 Å². The number of benzene rings is 2. The molecule has 0 N–H and O–H groups in total. The van der Waals surface area contributed by atoms with Gasteiger partial charge in [0.1, 0.15) is 0 Å². The fourth-order valence-electron chi connectivity index (χ4n) is 2.09. The van der Waals surface area contributed by atoms with E-state index in [1.807, 2.05) is 13.0 Å². The summed E-state index contributed by atoms with van der Waals surface area (Å²) in [4.78, 5) is 11.0. The van der Waals surface area contributed by atoms with Crippen molar-refractivity contribution in [2.75, 3.05) is 0 Å². The number of fused-ring (bicyclic) bond motifs is 1. The first-order valence-corrected chi connectivity index (χ1v) is 5.29. The lowest BCUT2D eigenvalue weighted by Crippen LogP contribution is -1.92. The van der Waals surface area contributed by atoms with Crippen molar-refractivity contribution in [3.63, 3.8) is 0 Å². The van der Waals surface area contributed by atoms with Crippen molar-refractivity contribution in [3.05, 3.63) is 53.1 Å². The van der Waals surface area contributed by atoms with Crippen molar-refractivity contribution in [2.24, 2.45) is 0 Å². The highest BCUT2D eigenvalue weighted by Gasteiger charge is 2.07. The summed E-state index contributed by atoms with van der Waals surface area (Å²) in [7, 11) is 0. The minimum Gasteiger partial charge on any atom is -0.298 e. The molecule has 16 heavy (non-hydrogen) atoms. The second-order valence-corrected chi connectivity index (χ2v) is 4.07. The van der Waals surface area contributed by atoms with E-state index in [1.165, 1.54) is 10.9 Å². The maximum Gasteiger partial charge on any atom is 0.150 e. The van der Waals surface area contributed by atoms with Gasteiger partial charge in [0, 0.05) is 5.56 Å². The SMILES string of the molecule is C=Cc1c(C=O)cc(C)c2ccc(C)cc12. The Bertz CT molecular complexity index is 579. The maximum atomic E-state index is 11.0. The number of hydrogen-bond acceptors (Lipinski definition) is 1. The Hall–Kier alpha value is -1.89. The van der Waals surface area contributed by atoms with Gasteiger partial charge in [0.15, 0.2) is 6.29 Å². The molecule has 0 aromatic heterocycles. The van der Waals surface area contributed by atoms with E-state index < -0.39 is 0 Å². The molecule has 0 aliphatic rings. The van der Waals surface area contributed by atoms with Crippen LogP contribution in [-0.2, 0) is 0 Å². The molecule has 0 fully saturated rings. The molecule has 0 atom stereocenters. The molecular weight excluding hydrogens is 196 g/mol. The van der Waals surface area contributed by atoms with Gasteiger partial charge in [-0.15, -0.1) is 0 Å². The van der Waals surface area contributed by atoms with E-state index in [9.17, 15) is 4.79 Å². The molecule has 2 rings (SSSR count). The minimum atomic E-state index is 0.714. The van der Waals surface area contributed by atoms with Crippen LogP contribution in [0.2, 0.25) is 0 Å². The van der Waals surface area contributed by atoms with E-state index in [0.717, 1.165) is 22.8 Å². The van der Waals surface area contributed by atoms with Crippen molar-refractivity contribution in [1.29, 1.82) is 0 Å². The molecule has 1 heteroatoms. The van der Waals surface area contributed by atoms with Crippen LogP contribution >= 0.6 is 0 Å². The summed E-state index contributed by atoms with van der Waals surface area (Å²) < 4.78 is 0. The third-order valence-electron chi connectivity index (χ3n) is 2.90. The molecule has 2 aromatic carbocycles. The maximum absolute atomic E-state index is 11.0. The second-order valence-electron chi connectivity index (χ2n) is 4.07. The van der Waals surface area contributed by atoms with Crippen LogP contribution in [-0.4, -0.2) is 6.29 Å². The smallest absolute Gasteiger partial charge is 0.150 e. The van der Waals surface area contributed by atoms with Crippen molar-refractivity contribution < 1.29 is 4.79 Å². The zero-order valence-corrected chi connectivity index (χ0v) is 9.58. The standard InChI is InChI=1S/C15H14O/c1-4-13-12(9-16)8-11(3)14-6-5-10(2)7-15(13)14/h4-9H,1H2,2-3H3. The minimum absolute atomic E-state index is 0.714. The van der Waals surface area contributed by atoms with Gasteiger partial charge in [-0.3, -0.25) is 4.79 Å². The van der Waals surface area contributed by atoms with Crippen LogP contribution in [0.25, 0.3) is 16.8 Å². The van der Waals surface area contributed by atoms with E-state index in [4.69, 9.17) is 0 Å². The Kier molecular flexibility index (Phi) is 2.61.